The molecule has 1 aliphatic carbocycles. The van der Waals surface area contributed by atoms with Gasteiger partial charge in [-0.2, -0.15) is 0 Å². The third-order valence-electron chi connectivity index (χ3n) is 4.55. The summed E-state index contributed by atoms with van der Waals surface area (Å²) in [6, 6.07) is 0. The van der Waals surface area contributed by atoms with Gasteiger partial charge in [0.1, 0.15) is 5.15 Å². The number of rotatable bonds is 2. The highest BCUT2D eigenvalue weighted by atomic mass is 35.5. The van der Waals surface area contributed by atoms with E-state index < -0.39 is 0 Å². The van der Waals surface area contributed by atoms with Crippen molar-refractivity contribution in [1.29, 1.82) is 0 Å². The Morgan fingerprint density at radius 3 is 2.26 bits per heavy atom. The lowest BCUT2D eigenvalue weighted by Crippen LogP contribution is -2.41. The van der Waals surface area contributed by atoms with E-state index in [1.54, 1.807) is 11.3 Å². The molecule has 3 rings (SSSR count). The van der Waals surface area contributed by atoms with Gasteiger partial charge in [-0.3, -0.25) is 0 Å². The Hall–Kier alpha value is -0.0951. The summed E-state index contributed by atoms with van der Waals surface area (Å²) in [6.07, 6.45) is 3.76. The van der Waals surface area contributed by atoms with Crippen molar-refractivity contribution in [3.8, 4) is 0 Å². The van der Waals surface area contributed by atoms with Gasteiger partial charge in [-0.15, -0.1) is 11.3 Å². The molecule has 19 heavy (non-hydrogen) atoms. The summed E-state index contributed by atoms with van der Waals surface area (Å²) < 4.78 is 13.0. The highest BCUT2D eigenvalue weighted by molar-refractivity contribution is 7.23. The van der Waals surface area contributed by atoms with E-state index in [1.165, 1.54) is 19.3 Å². The highest BCUT2D eigenvalue weighted by Gasteiger charge is 2.53. The van der Waals surface area contributed by atoms with Gasteiger partial charge in [0.2, 0.25) is 0 Å². The molecule has 0 atom stereocenters. The normalized spacial score (nSPS) is 25.6. The molecule has 2 aliphatic rings. The topological polar surface area (TPSA) is 31.4 Å². The average molecular weight is 300 g/mol. The summed E-state index contributed by atoms with van der Waals surface area (Å²) in [5.74, 6) is 0.596. The maximum atomic E-state index is 6.28. The van der Waals surface area contributed by atoms with E-state index in [1.807, 2.05) is 0 Å². The molecule has 1 saturated carbocycles. The standard InChI is InChI=1S/C13H19BClNO2S/c1-12(2)13(3,4)18-14(17-12)9-10(15)16-11(19-9)8-6-5-7-8/h8H,5-7H2,1-4H3. The molecule has 0 unspecified atom stereocenters. The Bertz CT molecular complexity index is 483. The Labute approximate surface area is 123 Å². The number of nitrogens with zero attached hydrogens (tertiary/aromatic N) is 1. The zero-order valence-electron chi connectivity index (χ0n) is 11.8. The molecule has 6 heteroatoms. The maximum absolute atomic E-state index is 6.28. The van der Waals surface area contributed by atoms with E-state index in [2.05, 4.69) is 32.7 Å². The molecular weight excluding hydrogens is 280 g/mol. The first-order valence-electron chi connectivity index (χ1n) is 6.82. The molecule has 2 heterocycles. The SMILES string of the molecule is CC1(C)OB(c2sc(C3CCC3)nc2Cl)OC1(C)C. The van der Waals surface area contributed by atoms with Crippen molar-refractivity contribution in [2.24, 2.45) is 0 Å². The van der Waals surface area contributed by atoms with Crippen LogP contribution in [0.1, 0.15) is 57.9 Å². The zero-order chi connectivity index (χ0) is 13.8. The summed E-state index contributed by atoms with van der Waals surface area (Å²) >= 11 is 7.92. The van der Waals surface area contributed by atoms with Gasteiger partial charge in [-0.1, -0.05) is 18.0 Å². The van der Waals surface area contributed by atoms with Crippen molar-refractivity contribution in [2.45, 2.75) is 64.1 Å². The van der Waals surface area contributed by atoms with Gasteiger partial charge in [0.15, 0.2) is 0 Å². The predicted molar refractivity (Wildman–Crippen MR) is 79.4 cm³/mol. The molecule has 1 aromatic rings. The van der Waals surface area contributed by atoms with Crippen LogP contribution < -0.4 is 4.78 Å². The van der Waals surface area contributed by atoms with Crippen LogP contribution in [-0.2, 0) is 9.31 Å². The van der Waals surface area contributed by atoms with E-state index in [9.17, 15) is 0 Å². The molecule has 1 aliphatic heterocycles. The smallest absolute Gasteiger partial charge is 0.399 e. The fourth-order valence-corrected chi connectivity index (χ4v) is 3.69. The quantitative estimate of drug-likeness (QED) is 0.785. The summed E-state index contributed by atoms with van der Waals surface area (Å²) in [7, 11) is -0.385. The molecule has 0 spiro atoms. The summed E-state index contributed by atoms with van der Waals surface area (Å²) in [5, 5.41) is 1.69. The molecule has 0 aromatic carbocycles. The van der Waals surface area contributed by atoms with Crippen LogP contribution in [0.15, 0.2) is 0 Å². The largest absolute Gasteiger partial charge is 0.508 e. The summed E-state index contributed by atoms with van der Waals surface area (Å²) in [4.78, 5) is 4.50. The lowest BCUT2D eigenvalue weighted by Gasteiger charge is -2.32. The third-order valence-corrected chi connectivity index (χ3v) is 6.19. The molecule has 1 aromatic heterocycles. The first kappa shape index (κ1) is 13.9. The van der Waals surface area contributed by atoms with Crippen LogP contribution >= 0.6 is 22.9 Å². The van der Waals surface area contributed by atoms with E-state index in [0.717, 1.165) is 9.78 Å². The van der Waals surface area contributed by atoms with E-state index in [0.29, 0.717) is 11.1 Å². The second kappa shape index (κ2) is 4.45. The van der Waals surface area contributed by atoms with Crippen molar-refractivity contribution in [3.05, 3.63) is 10.2 Å². The van der Waals surface area contributed by atoms with Crippen molar-refractivity contribution < 1.29 is 9.31 Å². The molecule has 0 amide bonds. The van der Waals surface area contributed by atoms with Gasteiger partial charge in [0.25, 0.3) is 0 Å². The minimum absolute atomic E-state index is 0.332. The fraction of sp³-hybridized carbons (Fsp3) is 0.769. The molecular formula is C13H19BClNO2S. The van der Waals surface area contributed by atoms with Gasteiger partial charge >= 0.3 is 7.12 Å². The molecule has 2 fully saturated rings. The molecule has 104 valence electrons. The van der Waals surface area contributed by atoms with Crippen LogP contribution in [0.4, 0.5) is 0 Å². The van der Waals surface area contributed by atoms with Gasteiger partial charge < -0.3 is 9.31 Å². The van der Waals surface area contributed by atoms with Crippen LogP contribution in [0.2, 0.25) is 5.15 Å². The summed E-state index contributed by atoms with van der Waals surface area (Å²) in [5.41, 5.74) is -0.663. The molecule has 0 bridgehead atoms. The Morgan fingerprint density at radius 1 is 1.21 bits per heavy atom. The van der Waals surface area contributed by atoms with Gasteiger partial charge in [0, 0.05) is 5.92 Å². The van der Waals surface area contributed by atoms with Crippen molar-refractivity contribution in [1.82, 2.24) is 4.98 Å². The number of halogens is 1. The zero-order valence-corrected chi connectivity index (χ0v) is 13.4. The minimum Gasteiger partial charge on any atom is -0.399 e. The number of hydrogen-bond donors (Lipinski definition) is 0. The Kier molecular flexibility index (Phi) is 3.25. The minimum atomic E-state index is -0.385. The Balaban J connectivity index is 1.85. The van der Waals surface area contributed by atoms with E-state index in [-0.39, 0.29) is 18.3 Å². The monoisotopic (exact) mass is 299 g/mol. The van der Waals surface area contributed by atoms with Crippen molar-refractivity contribution in [3.63, 3.8) is 0 Å². The van der Waals surface area contributed by atoms with Crippen LogP contribution in [-0.4, -0.2) is 23.3 Å². The lowest BCUT2D eigenvalue weighted by atomic mass is 9.86. The molecule has 0 radical (unpaired) electrons. The number of aromatic nitrogens is 1. The van der Waals surface area contributed by atoms with Crippen LogP contribution in [0.3, 0.4) is 0 Å². The summed E-state index contributed by atoms with van der Waals surface area (Å²) in [6.45, 7) is 8.20. The van der Waals surface area contributed by atoms with Crippen molar-refractivity contribution in [2.75, 3.05) is 0 Å². The second-order valence-corrected chi connectivity index (χ2v) is 7.84. The first-order chi connectivity index (χ1) is 8.80. The highest BCUT2D eigenvalue weighted by Crippen LogP contribution is 2.40. The molecule has 1 saturated heterocycles. The van der Waals surface area contributed by atoms with Crippen molar-refractivity contribution >= 4 is 34.8 Å². The second-order valence-electron chi connectivity index (χ2n) is 6.42. The van der Waals surface area contributed by atoms with Gasteiger partial charge in [-0.25, -0.2) is 4.98 Å². The van der Waals surface area contributed by atoms with Gasteiger partial charge in [0.05, 0.1) is 21.0 Å². The fourth-order valence-electron chi connectivity index (χ4n) is 2.25. The third kappa shape index (κ3) is 2.25. The Morgan fingerprint density at radius 2 is 1.79 bits per heavy atom. The number of hydrogen-bond acceptors (Lipinski definition) is 4. The van der Waals surface area contributed by atoms with Gasteiger partial charge in [-0.05, 0) is 40.5 Å². The van der Waals surface area contributed by atoms with E-state index in [4.69, 9.17) is 20.9 Å². The molecule has 3 nitrogen and oxygen atoms in total. The van der Waals surface area contributed by atoms with Crippen LogP contribution in [0, 0.1) is 0 Å². The predicted octanol–water partition coefficient (Wildman–Crippen LogP) is 3.36. The van der Waals surface area contributed by atoms with Crippen LogP contribution in [0.25, 0.3) is 0 Å². The number of thiazole rings is 1. The van der Waals surface area contributed by atoms with E-state index >= 15 is 0 Å². The first-order valence-corrected chi connectivity index (χ1v) is 8.01. The van der Waals surface area contributed by atoms with Crippen LogP contribution in [0.5, 0.6) is 0 Å². The lowest BCUT2D eigenvalue weighted by molar-refractivity contribution is 0.00578. The maximum Gasteiger partial charge on any atom is 0.508 e. The molecule has 0 N–H and O–H groups in total. The average Bonchev–Trinajstić information content (AvgIpc) is 2.63.